The molecule has 0 aromatic rings. The summed E-state index contributed by atoms with van der Waals surface area (Å²) in [6.07, 6.45) is -5.76. The average molecular weight is 256 g/mol. The average Bonchev–Trinajstić information content (AvgIpc) is 2.12. The Bertz CT molecular complexity index is 267. The van der Waals surface area contributed by atoms with Gasteiger partial charge in [-0.15, -0.1) is 0 Å². The van der Waals surface area contributed by atoms with Crippen molar-refractivity contribution in [3.63, 3.8) is 0 Å². The Morgan fingerprint density at radius 2 is 1.88 bits per heavy atom. The summed E-state index contributed by atoms with van der Waals surface area (Å²) in [5.41, 5.74) is 0. The second kappa shape index (κ2) is 6.97. The van der Waals surface area contributed by atoms with E-state index >= 15 is 0 Å². The molecule has 0 spiro atoms. The molecule has 0 aromatic heterocycles. The minimum atomic E-state index is -4.55. The summed E-state index contributed by atoms with van der Waals surface area (Å²) < 4.78 is 38.8. The van der Waals surface area contributed by atoms with Gasteiger partial charge in [0.1, 0.15) is 0 Å². The van der Waals surface area contributed by atoms with Gasteiger partial charge >= 0.3 is 12.3 Å². The van der Waals surface area contributed by atoms with Crippen LogP contribution in [-0.2, 0) is 9.53 Å². The lowest BCUT2D eigenvalue weighted by molar-refractivity contribution is -0.160. The summed E-state index contributed by atoms with van der Waals surface area (Å²) in [7, 11) is 0. The van der Waals surface area contributed by atoms with Gasteiger partial charge in [-0.1, -0.05) is 0 Å². The van der Waals surface area contributed by atoms with Crippen molar-refractivity contribution in [3.05, 3.63) is 0 Å². The molecule has 8 heteroatoms. The zero-order valence-electron chi connectivity index (χ0n) is 9.56. The molecule has 17 heavy (non-hydrogen) atoms. The van der Waals surface area contributed by atoms with Crippen molar-refractivity contribution >= 4 is 12.0 Å². The van der Waals surface area contributed by atoms with Crippen LogP contribution in [0.3, 0.4) is 0 Å². The molecule has 0 unspecified atom stereocenters. The molecule has 0 radical (unpaired) electrons. The van der Waals surface area contributed by atoms with E-state index < -0.39 is 18.9 Å². The van der Waals surface area contributed by atoms with Gasteiger partial charge in [0.15, 0.2) is 6.61 Å². The van der Waals surface area contributed by atoms with E-state index in [0.717, 1.165) is 0 Å². The lowest BCUT2D eigenvalue weighted by Gasteiger charge is -2.10. The maximum Gasteiger partial charge on any atom is 0.422 e. The standard InChI is InChI=1S/C9H15F3N2O3/c1-6(2)14-7(15)3-4-13-8(16)17-5-9(10,11)12/h6H,3-5H2,1-2H3,(H,13,16)(H,14,15). The molecule has 5 nitrogen and oxygen atoms in total. The maximum absolute atomic E-state index is 11.6. The van der Waals surface area contributed by atoms with Gasteiger partial charge in [0.25, 0.3) is 0 Å². The van der Waals surface area contributed by atoms with Crippen LogP contribution in [0.4, 0.5) is 18.0 Å². The molecular weight excluding hydrogens is 241 g/mol. The zero-order valence-corrected chi connectivity index (χ0v) is 9.56. The highest BCUT2D eigenvalue weighted by Crippen LogP contribution is 2.14. The normalized spacial score (nSPS) is 11.2. The smallest absolute Gasteiger partial charge is 0.422 e. The molecule has 0 aliphatic carbocycles. The summed E-state index contributed by atoms with van der Waals surface area (Å²) in [6, 6.07) is -0.0281. The fourth-order valence-electron chi connectivity index (χ4n) is 0.871. The molecule has 0 atom stereocenters. The Morgan fingerprint density at radius 3 is 2.35 bits per heavy atom. The van der Waals surface area contributed by atoms with Crippen LogP contribution < -0.4 is 10.6 Å². The number of alkyl halides is 3. The molecular formula is C9H15F3N2O3. The van der Waals surface area contributed by atoms with Gasteiger partial charge in [-0.05, 0) is 13.8 Å². The number of nitrogens with one attached hydrogen (secondary N) is 2. The Hall–Kier alpha value is -1.47. The summed E-state index contributed by atoms with van der Waals surface area (Å²) >= 11 is 0. The number of halogens is 3. The number of rotatable bonds is 5. The molecule has 0 fully saturated rings. The lowest BCUT2D eigenvalue weighted by atomic mass is 10.3. The fraction of sp³-hybridized carbons (Fsp3) is 0.778. The first kappa shape index (κ1) is 15.5. The van der Waals surface area contributed by atoms with Crippen LogP contribution in [0.25, 0.3) is 0 Å². The highest BCUT2D eigenvalue weighted by molar-refractivity contribution is 5.77. The predicted octanol–water partition coefficient (Wildman–Crippen LogP) is 1.19. The molecule has 0 saturated heterocycles. The van der Waals surface area contributed by atoms with E-state index in [0.29, 0.717) is 0 Å². The Balaban J connectivity index is 3.61. The maximum atomic E-state index is 11.6. The summed E-state index contributed by atoms with van der Waals surface area (Å²) in [5.74, 6) is -0.295. The van der Waals surface area contributed by atoms with Crippen molar-refractivity contribution in [1.82, 2.24) is 10.6 Å². The summed E-state index contributed by atoms with van der Waals surface area (Å²) in [5, 5.41) is 4.60. The minimum absolute atomic E-state index is 0.0146. The summed E-state index contributed by atoms with van der Waals surface area (Å²) in [4.78, 5) is 21.8. The fourth-order valence-corrected chi connectivity index (χ4v) is 0.871. The van der Waals surface area contributed by atoms with Crippen LogP contribution in [0.15, 0.2) is 0 Å². The minimum Gasteiger partial charge on any atom is -0.440 e. The first-order valence-electron chi connectivity index (χ1n) is 4.97. The second-order valence-electron chi connectivity index (χ2n) is 3.59. The molecule has 0 rings (SSSR count). The number of alkyl carbamates (subject to hydrolysis) is 1. The third kappa shape index (κ3) is 10.8. The molecule has 0 aromatic carbocycles. The molecule has 0 aliphatic rings. The molecule has 0 heterocycles. The number of carbonyl (C=O) groups is 2. The number of hydrogen-bond donors (Lipinski definition) is 2. The van der Waals surface area contributed by atoms with E-state index in [1.165, 1.54) is 0 Å². The number of ether oxygens (including phenoxy) is 1. The predicted molar refractivity (Wildman–Crippen MR) is 53.3 cm³/mol. The molecule has 0 bridgehead atoms. The van der Waals surface area contributed by atoms with Crippen molar-refractivity contribution in [2.75, 3.05) is 13.2 Å². The first-order valence-corrected chi connectivity index (χ1v) is 4.97. The van der Waals surface area contributed by atoms with Crippen molar-refractivity contribution < 1.29 is 27.5 Å². The number of carbonyl (C=O) groups excluding carboxylic acids is 2. The van der Waals surface area contributed by atoms with E-state index in [2.05, 4.69) is 10.1 Å². The van der Waals surface area contributed by atoms with Crippen LogP contribution in [-0.4, -0.2) is 37.4 Å². The molecule has 0 saturated carbocycles. The Kier molecular flexibility index (Phi) is 6.37. The largest absolute Gasteiger partial charge is 0.440 e. The highest BCUT2D eigenvalue weighted by atomic mass is 19.4. The van der Waals surface area contributed by atoms with Crippen LogP contribution in [0.1, 0.15) is 20.3 Å². The van der Waals surface area contributed by atoms with E-state index in [9.17, 15) is 22.8 Å². The van der Waals surface area contributed by atoms with Crippen LogP contribution in [0, 0.1) is 0 Å². The Labute approximate surface area is 96.7 Å². The number of hydrogen-bond acceptors (Lipinski definition) is 3. The van der Waals surface area contributed by atoms with E-state index in [4.69, 9.17) is 0 Å². The molecule has 0 aliphatic heterocycles. The third-order valence-electron chi connectivity index (χ3n) is 1.44. The van der Waals surface area contributed by atoms with E-state index in [-0.39, 0.29) is 24.9 Å². The van der Waals surface area contributed by atoms with Gasteiger partial charge in [-0.3, -0.25) is 4.79 Å². The van der Waals surface area contributed by atoms with Crippen LogP contribution >= 0.6 is 0 Å². The van der Waals surface area contributed by atoms with Gasteiger partial charge in [0, 0.05) is 19.0 Å². The monoisotopic (exact) mass is 256 g/mol. The van der Waals surface area contributed by atoms with Gasteiger partial charge in [-0.25, -0.2) is 4.79 Å². The molecule has 100 valence electrons. The Morgan fingerprint density at radius 1 is 1.29 bits per heavy atom. The van der Waals surface area contributed by atoms with Crippen molar-refractivity contribution in [1.29, 1.82) is 0 Å². The van der Waals surface area contributed by atoms with Crippen molar-refractivity contribution in [2.24, 2.45) is 0 Å². The molecule has 2 N–H and O–H groups in total. The topological polar surface area (TPSA) is 67.4 Å². The first-order chi connectivity index (χ1) is 7.70. The van der Waals surface area contributed by atoms with E-state index in [1.54, 1.807) is 13.8 Å². The molecule has 2 amide bonds. The third-order valence-corrected chi connectivity index (χ3v) is 1.44. The van der Waals surface area contributed by atoms with Crippen molar-refractivity contribution in [3.8, 4) is 0 Å². The van der Waals surface area contributed by atoms with Gasteiger partial charge < -0.3 is 15.4 Å². The highest BCUT2D eigenvalue weighted by Gasteiger charge is 2.29. The van der Waals surface area contributed by atoms with Gasteiger partial charge in [0.05, 0.1) is 0 Å². The zero-order chi connectivity index (χ0) is 13.5. The summed E-state index contributed by atoms with van der Waals surface area (Å²) in [6.45, 7) is 1.82. The quantitative estimate of drug-likeness (QED) is 0.776. The number of amides is 2. The van der Waals surface area contributed by atoms with Crippen LogP contribution in [0.5, 0.6) is 0 Å². The van der Waals surface area contributed by atoms with Crippen LogP contribution in [0.2, 0.25) is 0 Å². The van der Waals surface area contributed by atoms with Gasteiger partial charge in [-0.2, -0.15) is 13.2 Å². The van der Waals surface area contributed by atoms with Crippen molar-refractivity contribution in [2.45, 2.75) is 32.5 Å². The lowest BCUT2D eigenvalue weighted by Crippen LogP contribution is -2.35. The SMILES string of the molecule is CC(C)NC(=O)CCNC(=O)OCC(F)(F)F. The van der Waals surface area contributed by atoms with Gasteiger partial charge in [0.2, 0.25) is 5.91 Å². The second-order valence-corrected chi connectivity index (χ2v) is 3.59. The van der Waals surface area contributed by atoms with E-state index in [1.807, 2.05) is 5.32 Å².